The van der Waals surface area contributed by atoms with E-state index in [-0.39, 0.29) is 11.9 Å². The van der Waals surface area contributed by atoms with Crippen LogP contribution < -0.4 is 5.32 Å². The molecule has 1 aliphatic carbocycles. The van der Waals surface area contributed by atoms with Gasteiger partial charge in [0.25, 0.3) is 5.91 Å². The summed E-state index contributed by atoms with van der Waals surface area (Å²) in [5.41, 5.74) is 5.07. The van der Waals surface area contributed by atoms with Crippen LogP contribution in [0.15, 0.2) is 6.20 Å². The molecule has 142 valence electrons. The van der Waals surface area contributed by atoms with E-state index in [4.69, 9.17) is 4.98 Å². The normalized spacial score (nSPS) is 22.2. The van der Waals surface area contributed by atoms with Gasteiger partial charge in [-0.15, -0.1) is 0 Å². The van der Waals surface area contributed by atoms with Gasteiger partial charge in [0.15, 0.2) is 5.69 Å². The smallest absolute Gasteiger partial charge is 0.274 e. The number of H-pyrrole nitrogens is 1. The van der Waals surface area contributed by atoms with E-state index in [2.05, 4.69) is 20.5 Å². The molecule has 4 heterocycles. The molecule has 27 heavy (non-hydrogen) atoms. The van der Waals surface area contributed by atoms with E-state index < -0.39 is 0 Å². The van der Waals surface area contributed by atoms with Crippen LogP contribution in [0.4, 0.5) is 0 Å². The number of carbonyl (C=O) groups is 1. The molecule has 1 atom stereocenters. The maximum atomic E-state index is 13.0. The molecule has 0 radical (unpaired) electrons. The summed E-state index contributed by atoms with van der Waals surface area (Å²) in [6, 6.07) is 0.277. The molecular formula is C20H26N6O. The first-order valence-electron chi connectivity index (χ1n) is 10.2. The second kappa shape index (κ2) is 7.03. The van der Waals surface area contributed by atoms with E-state index in [0.29, 0.717) is 18.8 Å². The Morgan fingerprint density at radius 1 is 1.15 bits per heavy atom. The Morgan fingerprint density at radius 3 is 2.96 bits per heavy atom. The fourth-order valence-corrected chi connectivity index (χ4v) is 4.55. The van der Waals surface area contributed by atoms with Crippen LogP contribution in [0.25, 0.3) is 0 Å². The quantitative estimate of drug-likeness (QED) is 0.850. The SMILES string of the molecule is O=C(c1n[nH]c2c1CCCC2)N1CCc2nc([C@H]3CCCCN3)ncc2C1. The molecule has 7 nitrogen and oxygen atoms in total. The lowest BCUT2D eigenvalue weighted by molar-refractivity contribution is 0.0725. The maximum absolute atomic E-state index is 13.0. The van der Waals surface area contributed by atoms with Crippen molar-refractivity contribution in [3.8, 4) is 0 Å². The average molecular weight is 366 g/mol. The van der Waals surface area contributed by atoms with Crippen molar-refractivity contribution in [3.05, 3.63) is 40.2 Å². The van der Waals surface area contributed by atoms with Crippen molar-refractivity contribution < 1.29 is 4.79 Å². The van der Waals surface area contributed by atoms with E-state index in [1.54, 1.807) is 0 Å². The van der Waals surface area contributed by atoms with Crippen molar-refractivity contribution in [1.82, 2.24) is 30.4 Å². The summed E-state index contributed by atoms with van der Waals surface area (Å²) in [5, 5.41) is 10.9. The Labute approximate surface area is 159 Å². The van der Waals surface area contributed by atoms with E-state index >= 15 is 0 Å². The molecule has 2 aromatic heterocycles. The fraction of sp³-hybridized carbons (Fsp3) is 0.600. The number of aromatic nitrogens is 4. The molecular weight excluding hydrogens is 340 g/mol. The summed E-state index contributed by atoms with van der Waals surface area (Å²) in [4.78, 5) is 24.4. The molecule has 0 saturated carbocycles. The zero-order chi connectivity index (χ0) is 18.2. The number of nitrogens with zero attached hydrogens (tertiary/aromatic N) is 4. The molecule has 3 aliphatic rings. The second-order valence-electron chi connectivity index (χ2n) is 7.92. The number of aromatic amines is 1. The minimum absolute atomic E-state index is 0.0399. The van der Waals surface area contributed by atoms with Crippen LogP contribution in [-0.4, -0.2) is 44.1 Å². The number of aryl methyl sites for hydroxylation is 1. The Morgan fingerprint density at radius 2 is 2.07 bits per heavy atom. The first-order valence-corrected chi connectivity index (χ1v) is 10.2. The molecule has 2 aliphatic heterocycles. The predicted molar refractivity (Wildman–Crippen MR) is 100 cm³/mol. The van der Waals surface area contributed by atoms with Gasteiger partial charge in [-0.25, -0.2) is 9.97 Å². The average Bonchev–Trinajstić information content (AvgIpc) is 3.17. The number of hydrogen-bond donors (Lipinski definition) is 2. The van der Waals surface area contributed by atoms with E-state index in [1.807, 2.05) is 11.1 Å². The lowest BCUT2D eigenvalue weighted by Crippen LogP contribution is -2.37. The molecule has 0 aromatic carbocycles. The lowest BCUT2D eigenvalue weighted by atomic mass is 9.95. The minimum atomic E-state index is 0.0399. The van der Waals surface area contributed by atoms with Crippen LogP contribution in [-0.2, 0) is 25.8 Å². The van der Waals surface area contributed by atoms with Crippen molar-refractivity contribution in [3.63, 3.8) is 0 Å². The largest absolute Gasteiger partial charge is 0.332 e. The lowest BCUT2D eigenvalue weighted by Gasteiger charge is -2.29. The summed E-state index contributed by atoms with van der Waals surface area (Å²) in [7, 11) is 0. The molecule has 5 rings (SSSR count). The first-order chi connectivity index (χ1) is 13.3. The van der Waals surface area contributed by atoms with E-state index in [0.717, 1.165) is 67.0 Å². The van der Waals surface area contributed by atoms with Crippen molar-refractivity contribution >= 4 is 5.91 Å². The number of fused-ring (bicyclic) bond motifs is 2. The molecule has 0 unspecified atom stereocenters. The highest BCUT2D eigenvalue weighted by Gasteiger charge is 2.29. The van der Waals surface area contributed by atoms with Crippen molar-refractivity contribution in [2.75, 3.05) is 13.1 Å². The highest BCUT2D eigenvalue weighted by Crippen LogP contribution is 2.26. The van der Waals surface area contributed by atoms with Gasteiger partial charge in [0.1, 0.15) is 5.82 Å². The number of hydrogen-bond acceptors (Lipinski definition) is 5. The Hall–Kier alpha value is -2.28. The topological polar surface area (TPSA) is 86.8 Å². The number of carbonyl (C=O) groups excluding carboxylic acids is 1. The third-order valence-corrected chi connectivity index (χ3v) is 6.12. The summed E-state index contributed by atoms with van der Waals surface area (Å²) in [5.74, 6) is 0.952. The van der Waals surface area contributed by atoms with E-state index in [1.165, 1.54) is 19.3 Å². The van der Waals surface area contributed by atoms with Gasteiger partial charge in [-0.3, -0.25) is 9.89 Å². The number of amides is 1. The molecule has 2 N–H and O–H groups in total. The van der Waals surface area contributed by atoms with Gasteiger partial charge in [0.05, 0.1) is 11.7 Å². The van der Waals surface area contributed by atoms with Crippen molar-refractivity contribution in [2.45, 2.75) is 64.0 Å². The van der Waals surface area contributed by atoms with Gasteiger partial charge >= 0.3 is 0 Å². The molecule has 1 amide bonds. The summed E-state index contributed by atoms with van der Waals surface area (Å²) in [6.07, 6.45) is 10.6. The molecule has 1 fully saturated rings. The van der Waals surface area contributed by atoms with Crippen LogP contribution in [0, 0.1) is 0 Å². The zero-order valence-corrected chi connectivity index (χ0v) is 15.6. The third-order valence-electron chi connectivity index (χ3n) is 6.12. The van der Waals surface area contributed by atoms with E-state index in [9.17, 15) is 4.79 Å². The van der Waals surface area contributed by atoms with Gasteiger partial charge in [-0.2, -0.15) is 5.10 Å². The van der Waals surface area contributed by atoms with Crippen molar-refractivity contribution in [2.24, 2.45) is 0 Å². The summed E-state index contributed by atoms with van der Waals surface area (Å²) >= 11 is 0. The Bertz CT molecular complexity index is 854. The van der Waals surface area contributed by atoms with Gasteiger partial charge in [0, 0.05) is 42.5 Å². The van der Waals surface area contributed by atoms with Crippen LogP contribution in [0.3, 0.4) is 0 Å². The Balaban J connectivity index is 1.33. The number of piperidine rings is 1. The summed E-state index contributed by atoms with van der Waals surface area (Å²) < 4.78 is 0. The summed E-state index contributed by atoms with van der Waals surface area (Å²) in [6.45, 7) is 2.32. The van der Waals surface area contributed by atoms with Crippen molar-refractivity contribution in [1.29, 1.82) is 0 Å². The fourth-order valence-electron chi connectivity index (χ4n) is 4.55. The number of rotatable bonds is 2. The molecule has 0 spiro atoms. The highest BCUT2D eigenvalue weighted by atomic mass is 16.2. The van der Waals surface area contributed by atoms with Crippen LogP contribution in [0.5, 0.6) is 0 Å². The van der Waals surface area contributed by atoms with Gasteiger partial charge in [-0.05, 0) is 45.1 Å². The third kappa shape index (κ3) is 3.14. The van der Waals surface area contributed by atoms with Gasteiger partial charge in [0.2, 0.25) is 0 Å². The number of nitrogens with one attached hydrogen (secondary N) is 2. The first kappa shape index (κ1) is 16.9. The molecule has 0 bridgehead atoms. The van der Waals surface area contributed by atoms with Crippen LogP contribution >= 0.6 is 0 Å². The van der Waals surface area contributed by atoms with Gasteiger partial charge in [-0.1, -0.05) is 6.42 Å². The monoisotopic (exact) mass is 366 g/mol. The maximum Gasteiger partial charge on any atom is 0.274 e. The second-order valence-corrected chi connectivity index (χ2v) is 7.92. The highest BCUT2D eigenvalue weighted by molar-refractivity contribution is 5.94. The molecule has 2 aromatic rings. The van der Waals surface area contributed by atoms with Gasteiger partial charge < -0.3 is 10.2 Å². The standard InChI is InChI=1S/C20H26N6O/c27-20(18-14-5-1-2-6-16(14)24-25-18)26-10-8-15-13(12-26)11-22-19(23-15)17-7-3-4-9-21-17/h11,17,21H,1-10,12H2,(H,24,25)/t17-/m1/s1. The minimum Gasteiger partial charge on any atom is -0.332 e. The van der Waals surface area contributed by atoms with Crippen LogP contribution in [0.1, 0.15) is 77.0 Å². The Kier molecular flexibility index (Phi) is 4.39. The predicted octanol–water partition coefficient (Wildman–Crippen LogP) is 2.09. The zero-order valence-electron chi connectivity index (χ0n) is 15.6. The molecule has 1 saturated heterocycles. The molecule has 7 heteroatoms. The van der Waals surface area contributed by atoms with Crippen LogP contribution in [0.2, 0.25) is 0 Å².